The summed E-state index contributed by atoms with van der Waals surface area (Å²) >= 11 is 12.0. The van der Waals surface area contributed by atoms with Gasteiger partial charge in [0.1, 0.15) is 11.3 Å². The number of nitrogens with one attached hydrogen (secondary N) is 1. The van der Waals surface area contributed by atoms with Crippen LogP contribution in [0.25, 0.3) is 5.65 Å². The molecule has 3 rings (SSSR count). The highest BCUT2D eigenvalue weighted by atomic mass is 35.5. The molecule has 0 spiro atoms. The molecule has 26 heavy (non-hydrogen) atoms. The average Bonchev–Trinajstić information content (AvgIpc) is 2.96. The van der Waals surface area contributed by atoms with Crippen LogP contribution >= 0.6 is 23.2 Å². The molecule has 0 atom stereocenters. The molecule has 9 heteroatoms. The summed E-state index contributed by atoms with van der Waals surface area (Å²) < 4.78 is 40.2. The topological polar surface area (TPSA) is 46.4 Å². The average molecular weight is 402 g/mol. The molecule has 1 N–H and O–H groups in total. The van der Waals surface area contributed by atoms with Gasteiger partial charge in [-0.2, -0.15) is 13.2 Å². The van der Waals surface area contributed by atoms with Gasteiger partial charge in [0.25, 0.3) is 5.91 Å². The number of anilines is 1. The molecule has 0 aliphatic carbocycles. The first-order chi connectivity index (χ1) is 12.2. The van der Waals surface area contributed by atoms with Crippen LogP contribution in [0.3, 0.4) is 0 Å². The van der Waals surface area contributed by atoms with E-state index in [1.54, 1.807) is 25.1 Å². The molecule has 0 bridgehead atoms. The maximum atomic E-state index is 13.0. The summed E-state index contributed by atoms with van der Waals surface area (Å²) in [5, 5.41) is 2.97. The van der Waals surface area contributed by atoms with Crippen LogP contribution in [0.1, 0.15) is 28.7 Å². The fraction of sp³-hybridized carbons (Fsp3) is 0.176. The quantitative estimate of drug-likeness (QED) is 0.631. The van der Waals surface area contributed by atoms with Crippen molar-refractivity contribution in [1.82, 2.24) is 9.38 Å². The third-order valence-electron chi connectivity index (χ3n) is 3.77. The highest BCUT2D eigenvalue weighted by Gasteiger charge is 2.32. The normalized spacial score (nSPS) is 11.8. The molecule has 1 aromatic carbocycles. The number of aromatic nitrogens is 2. The van der Waals surface area contributed by atoms with Gasteiger partial charge in [0.15, 0.2) is 0 Å². The van der Waals surface area contributed by atoms with Crippen molar-refractivity contribution in [1.29, 1.82) is 0 Å². The monoisotopic (exact) mass is 401 g/mol. The molecule has 0 unspecified atom stereocenters. The molecular weight excluding hydrogens is 390 g/mol. The minimum atomic E-state index is -4.53. The summed E-state index contributed by atoms with van der Waals surface area (Å²) in [5.74, 6) is -0.627. The van der Waals surface area contributed by atoms with Crippen LogP contribution in [0.2, 0.25) is 10.0 Å². The molecule has 0 aliphatic rings. The van der Waals surface area contributed by atoms with E-state index in [9.17, 15) is 18.0 Å². The fourth-order valence-electron chi connectivity index (χ4n) is 2.53. The standard InChI is InChI=1S/C17H12Cl2F3N3O/c1-2-11-15(16(26)24-12-5-3-4-10(18)14(12)19)25-8-9(17(20,21)22)6-7-13(25)23-11/h3-8H,2H2,1H3,(H,24,26). The second-order valence-corrected chi connectivity index (χ2v) is 6.25. The first kappa shape index (κ1) is 18.5. The number of alkyl halides is 3. The van der Waals surface area contributed by atoms with E-state index in [-0.39, 0.29) is 27.1 Å². The van der Waals surface area contributed by atoms with Crippen molar-refractivity contribution in [3.8, 4) is 0 Å². The maximum absolute atomic E-state index is 13.0. The second-order valence-electron chi connectivity index (χ2n) is 5.46. The number of hydrogen-bond acceptors (Lipinski definition) is 2. The zero-order valence-corrected chi connectivity index (χ0v) is 14.9. The predicted octanol–water partition coefficient (Wildman–Crippen LogP) is 5.47. The van der Waals surface area contributed by atoms with E-state index in [0.29, 0.717) is 12.1 Å². The lowest BCUT2D eigenvalue weighted by Crippen LogP contribution is -2.17. The highest BCUT2D eigenvalue weighted by Crippen LogP contribution is 2.32. The number of pyridine rings is 1. The Morgan fingerprint density at radius 2 is 1.96 bits per heavy atom. The van der Waals surface area contributed by atoms with Crippen molar-refractivity contribution in [2.45, 2.75) is 19.5 Å². The number of amides is 1. The Labute approximate surface area is 156 Å². The van der Waals surface area contributed by atoms with Crippen molar-refractivity contribution < 1.29 is 18.0 Å². The van der Waals surface area contributed by atoms with Crippen LogP contribution in [-0.2, 0) is 12.6 Å². The Kier molecular flexibility index (Phi) is 4.86. The number of aryl methyl sites for hydroxylation is 1. The van der Waals surface area contributed by atoms with Crippen molar-refractivity contribution in [2.75, 3.05) is 5.32 Å². The van der Waals surface area contributed by atoms with Gasteiger partial charge in [-0.05, 0) is 30.7 Å². The zero-order chi connectivity index (χ0) is 19.1. The summed E-state index contributed by atoms with van der Waals surface area (Å²) in [6.07, 6.45) is -3.31. The number of carbonyl (C=O) groups is 1. The van der Waals surface area contributed by atoms with Crippen molar-refractivity contribution in [3.05, 3.63) is 63.5 Å². The number of imidazole rings is 1. The largest absolute Gasteiger partial charge is 0.417 e. The van der Waals surface area contributed by atoms with Crippen LogP contribution in [-0.4, -0.2) is 15.3 Å². The van der Waals surface area contributed by atoms with Gasteiger partial charge < -0.3 is 5.32 Å². The third kappa shape index (κ3) is 3.37. The van der Waals surface area contributed by atoms with E-state index in [2.05, 4.69) is 10.3 Å². The summed E-state index contributed by atoms with van der Waals surface area (Å²) in [6, 6.07) is 6.85. The first-order valence-electron chi connectivity index (χ1n) is 7.56. The third-order valence-corrected chi connectivity index (χ3v) is 4.59. The van der Waals surface area contributed by atoms with Gasteiger partial charge in [-0.15, -0.1) is 0 Å². The number of rotatable bonds is 3. The van der Waals surface area contributed by atoms with Crippen molar-refractivity contribution in [3.63, 3.8) is 0 Å². The Bertz CT molecular complexity index is 999. The van der Waals surface area contributed by atoms with Gasteiger partial charge in [0.2, 0.25) is 0 Å². The molecular formula is C17H12Cl2F3N3O. The van der Waals surface area contributed by atoms with Crippen LogP contribution in [0.5, 0.6) is 0 Å². The zero-order valence-electron chi connectivity index (χ0n) is 13.4. The summed E-state index contributed by atoms with van der Waals surface area (Å²) in [4.78, 5) is 17.0. The van der Waals surface area contributed by atoms with E-state index in [0.717, 1.165) is 16.7 Å². The van der Waals surface area contributed by atoms with Crippen LogP contribution in [0.15, 0.2) is 36.5 Å². The van der Waals surface area contributed by atoms with Crippen LogP contribution in [0.4, 0.5) is 18.9 Å². The molecule has 1 amide bonds. The Morgan fingerprint density at radius 3 is 2.62 bits per heavy atom. The van der Waals surface area contributed by atoms with E-state index in [1.807, 2.05) is 0 Å². The Hall–Kier alpha value is -2.25. The van der Waals surface area contributed by atoms with Crippen LogP contribution < -0.4 is 5.32 Å². The summed E-state index contributed by atoms with van der Waals surface area (Å²) in [5.41, 5.74) is 0.0230. The summed E-state index contributed by atoms with van der Waals surface area (Å²) in [6.45, 7) is 1.76. The first-order valence-corrected chi connectivity index (χ1v) is 8.31. The number of benzene rings is 1. The number of fused-ring (bicyclic) bond motifs is 1. The van der Waals surface area contributed by atoms with Crippen LogP contribution in [0, 0.1) is 0 Å². The van der Waals surface area contributed by atoms with E-state index in [1.165, 1.54) is 6.07 Å². The Morgan fingerprint density at radius 1 is 1.23 bits per heavy atom. The number of carbonyl (C=O) groups excluding carboxylic acids is 1. The molecule has 0 saturated carbocycles. The molecule has 4 nitrogen and oxygen atoms in total. The van der Waals surface area contributed by atoms with E-state index >= 15 is 0 Å². The fourth-order valence-corrected chi connectivity index (χ4v) is 2.88. The number of hydrogen-bond donors (Lipinski definition) is 1. The number of halogens is 5. The van der Waals surface area contributed by atoms with Gasteiger partial charge >= 0.3 is 6.18 Å². The molecule has 136 valence electrons. The molecule has 3 aromatic rings. The highest BCUT2D eigenvalue weighted by molar-refractivity contribution is 6.44. The molecule has 0 radical (unpaired) electrons. The SMILES string of the molecule is CCc1nc2ccc(C(F)(F)F)cn2c1C(=O)Nc1cccc(Cl)c1Cl. The minimum absolute atomic E-state index is 0.0182. The lowest BCUT2D eigenvalue weighted by Gasteiger charge is -2.10. The maximum Gasteiger partial charge on any atom is 0.417 e. The lowest BCUT2D eigenvalue weighted by atomic mass is 10.2. The number of nitrogens with zero attached hydrogens (tertiary/aromatic N) is 2. The van der Waals surface area contributed by atoms with Gasteiger partial charge in [0.05, 0.1) is 27.0 Å². The Balaban J connectivity index is 2.10. The minimum Gasteiger partial charge on any atom is -0.319 e. The van der Waals surface area contributed by atoms with Gasteiger partial charge in [-0.1, -0.05) is 36.2 Å². The molecule has 2 aromatic heterocycles. The van der Waals surface area contributed by atoms with E-state index in [4.69, 9.17) is 23.2 Å². The molecule has 0 aliphatic heterocycles. The molecule has 0 fully saturated rings. The molecule has 2 heterocycles. The van der Waals surface area contributed by atoms with Gasteiger partial charge in [0, 0.05) is 6.20 Å². The summed E-state index contributed by atoms with van der Waals surface area (Å²) in [7, 11) is 0. The van der Waals surface area contributed by atoms with E-state index < -0.39 is 17.6 Å². The molecule has 0 saturated heterocycles. The predicted molar refractivity (Wildman–Crippen MR) is 94.0 cm³/mol. The lowest BCUT2D eigenvalue weighted by molar-refractivity contribution is -0.137. The van der Waals surface area contributed by atoms with Gasteiger partial charge in [-0.3, -0.25) is 9.20 Å². The second kappa shape index (κ2) is 6.81. The van der Waals surface area contributed by atoms with Crippen molar-refractivity contribution >= 4 is 40.4 Å². The van der Waals surface area contributed by atoms with Crippen molar-refractivity contribution in [2.24, 2.45) is 0 Å². The van der Waals surface area contributed by atoms with Gasteiger partial charge in [-0.25, -0.2) is 4.98 Å². The smallest absolute Gasteiger partial charge is 0.319 e.